The first kappa shape index (κ1) is 12.0. The van der Waals surface area contributed by atoms with Gasteiger partial charge in [0.2, 0.25) is 0 Å². The molecule has 2 nitrogen and oxygen atoms in total. The minimum absolute atomic E-state index is 0.251. The molecule has 0 atom stereocenters. The van der Waals surface area contributed by atoms with Crippen LogP contribution in [0.15, 0.2) is 24.3 Å². The summed E-state index contributed by atoms with van der Waals surface area (Å²) < 4.78 is 36.8. The second-order valence-corrected chi connectivity index (χ2v) is 4.70. The molecule has 0 fully saturated rings. The molecule has 0 saturated heterocycles. The highest BCUT2D eigenvalue weighted by atomic mass is 32.1. The number of fused-ring (bicyclic) bond motifs is 1. The van der Waals surface area contributed by atoms with Gasteiger partial charge in [0.25, 0.3) is 0 Å². The minimum atomic E-state index is -4.44. The van der Waals surface area contributed by atoms with Crippen molar-refractivity contribution in [2.75, 3.05) is 0 Å². The second-order valence-electron chi connectivity index (χ2n) is 3.58. The molecule has 6 heteroatoms. The Kier molecular flexibility index (Phi) is 3.15. The summed E-state index contributed by atoms with van der Waals surface area (Å²) in [5.41, 5.74) is 0.715. The number of halogens is 3. The Morgan fingerprint density at radius 2 is 2.00 bits per heavy atom. The third-order valence-corrected chi connectivity index (χ3v) is 3.12. The molecule has 0 radical (unpaired) electrons. The largest absolute Gasteiger partial charge is 0.395 e. The summed E-state index contributed by atoms with van der Waals surface area (Å²) in [7, 11) is 0. The van der Waals surface area contributed by atoms with Gasteiger partial charge in [0.1, 0.15) is 17.2 Å². The van der Waals surface area contributed by atoms with Crippen LogP contribution in [0.4, 0.5) is 13.2 Å². The fraction of sp³-hybridized carbons (Fsp3) is 0.273. The molecule has 90 valence electrons. The van der Waals surface area contributed by atoms with E-state index in [4.69, 9.17) is 0 Å². The fourth-order valence-electron chi connectivity index (χ4n) is 1.45. The number of alkyl halides is 3. The molecule has 17 heavy (non-hydrogen) atoms. The number of ketones is 1. The number of rotatable bonds is 3. The minimum Gasteiger partial charge on any atom is -0.299 e. The van der Waals surface area contributed by atoms with Crippen LogP contribution < -0.4 is 0 Å². The topological polar surface area (TPSA) is 30.0 Å². The van der Waals surface area contributed by atoms with E-state index in [1.54, 1.807) is 12.1 Å². The van der Waals surface area contributed by atoms with Crippen LogP contribution in [0.2, 0.25) is 0 Å². The highest BCUT2D eigenvalue weighted by Crippen LogP contribution is 2.24. The van der Waals surface area contributed by atoms with Crippen LogP contribution in [0.1, 0.15) is 11.4 Å². The van der Waals surface area contributed by atoms with Gasteiger partial charge >= 0.3 is 6.18 Å². The van der Waals surface area contributed by atoms with Crippen molar-refractivity contribution in [2.24, 2.45) is 0 Å². The summed E-state index contributed by atoms with van der Waals surface area (Å²) in [6.45, 7) is 0. The van der Waals surface area contributed by atoms with E-state index in [0.717, 1.165) is 4.70 Å². The van der Waals surface area contributed by atoms with E-state index in [0.29, 0.717) is 10.5 Å². The molecule has 1 aromatic carbocycles. The highest BCUT2D eigenvalue weighted by molar-refractivity contribution is 7.18. The molecule has 2 rings (SSSR count). The molecule has 0 amide bonds. The molecule has 0 N–H and O–H groups in total. The van der Waals surface area contributed by atoms with Gasteiger partial charge in [-0.2, -0.15) is 13.2 Å². The predicted molar refractivity (Wildman–Crippen MR) is 59.0 cm³/mol. The molecule has 0 unspecified atom stereocenters. The van der Waals surface area contributed by atoms with Crippen molar-refractivity contribution >= 4 is 27.3 Å². The quantitative estimate of drug-likeness (QED) is 0.846. The molecule has 1 heterocycles. The molecular weight excluding hydrogens is 251 g/mol. The van der Waals surface area contributed by atoms with Crippen molar-refractivity contribution in [1.82, 2.24) is 4.98 Å². The summed E-state index contributed by atoms with van der Waals surface area (Å²) in [4.78, 5) is 15.3. The van der Waals surface area contributed by atoms with E-state index in [-0.39, 0.29) is 6.42 Å². The average Bonchev–Trinajstić information content (AvgIpc) is 2.55. The van der Waals surface area contributed by atoms with Gasteiger partial charge in [-0.1, -0.05) is 12.1 Å². The van der Waals surface area contributed by atoms with Gasteiger partial charge < -0.3 is 0 Å². The van der Waals surface area contributed by atoms with Crippen molar-refractivity contribution in [1.29, 1.82) is 0 Å². The van der Waals surface area contributed by atoms with Crippen LogP contribution in [-0.4, -0.2) is 16.9 Å². The highest BCUT2D eigenvalue weighted by Gasteiger charge is 2.31. The lowest BCUT2D eigenvalue weighted by Crippen LogP contribution is -2.16. The molecule has 0 aliphatic heterocycles. The number of hydrogen-bond donors (Lipinski definition) is 0. The van der Waals surface area contributed by atoms with Crippen molar-refractivity contribution in [3.63, 3.8) is 0 Å². The number of nitrogens with zero attached hydrogens (tertiary/aromatic N) is 1. The lowest BCUT2D eigenvalue weighted by atomic mass is 10.2. The van der Waals surface area contributed by atoms with Crippen LogP contribution >= 0.6 is 11.3 Å². The summed E-state index contributed by atoms with van der Waals surface area (Å²) in [6, 6.07) is 7.21. The lowest BCUT2D eigenvalue weighted by molar-refractivity contribution is -0.151. The zero-order valence-corrected chi connectivity index (χ0v) is 9.44. The Labute approximate surface area is 99.1 Å². The first-order valence-corrected chi connectivity index (χ1v) is 5.68. The molecule has 0 aliphatic carbocycles. The van der Waals surface area contributed by atoms with Crippen LogP contribution in [-0.2, 0) is 11.2 Å². The Morgan fingerprint density at radius 1 is 1.29 bits per heavy atom. The molecule has 0 saturated carbocycles. The third-order valence-electron chi connectivity index (χ3n) is 2.08. The number of carbonyl (C=O) groups excluding carboxylic acids is 1. The van der Waals surface area contributed by atoms with E-state index in [2.05, 4.69) is 4.98 Å². The second kappa shape index (κ2) is 4.44. The van der Waals surface area contributed by atoms with Gasteiger partial charge in [-0.25, -0.2) is 4.98 Å². The van der Waals surface area contributed by atoms with E-state index in [1.807, 2.05) is 12.1 Å². The Hall–Kier alpha value is -1.43. The van der Waals surface area contributed by atoms with Crippen LogP contribution in [0.3, 0.4) is 0 Å². The van der Waals surface area contributed by atoms with Gasteiger partial charge in [-0.3, -0.25) is 4.79 Å². The summed E-state index contributed by atoms with van der Waals surface area (Å²) >= 11 is 1.25. The summed E-state index contributed by atoms with van der Waals surface area (Å²) in [5.74, 6) is -0.850. The average molecular weight is 259 g/mol. The number of thiazole rings is 1. The normalized spacial score (nSPS) is 11.9. The SMILES string of the molecule is O=C(Cc1nc2ccccc2s1)CC(F)(F)F. The van der Waals surface area contributed by atoms with Gasteiger partial charge in [0.15, 0.2) is 0 Å². The van der Waals surface area contributed by atoms with Gasteiger partial charge in [-0.15, -0.1) is 11.3 Å². The van der Waals surface area contributed by atoms with Crippen molar-refractivity contribution in [3.8, 4) is 0 Å². The number of hydrogen-bond acceptors (Lipinski definition) is 3. The van der Waals surface area contributed by atoms with Crippen molar-refractivity contribution in [3.05, 3.63) is 29.3 Å². The maximum absolute atomic E-state index is 12.0. The van der Waals surface area contributed by atoms with E-state index >= 15 is 0 Å². The van der Waals surface area contributed by atoms with E-state index < -0.39 is 18.4 Å². The van der Waals surface area contributed by atoms with Crippen LogP contribution in [0, 0.1) is 0 Å². The monoisotopic (exact) mass is 259 g/mol. The lowest BCUT2D eigenvalue weighted by Gasteiger charge is -2.03. The number of carbonyl (C=O) groups is 1. The van der Waals surface area contributed by atoms with Crippen LogP contribution in [0.25, 0.3) is 10.2 Å². The fourth-order valence-corrected chi connectivity index (χ4v) is 2.45. The van der Waals surface area contributed by atoms with Gasteiger partial charge in [-0.05, 0) is 12.1 Å². The van der Waals surface area contributed by atoms with E-state index in [9.17, 15) is 18.0 Å². The Morgan fingerprint density at radius 3 is 2.65 bits per heavy atom. The molecular formula is C11H8F3NOS. The predicted octanol–water partition coefficient (Wildman–Crippen LogP) is 3.36. The van der Waals surface area contributed by atoms with Crippen LogP contribution in [0.5, 0.6) is 0 Å². The molecule has 0 spiro atoms. The maximum Gasteiger partial charge on any atom is 0.395 e. The number of para-hydroxylation sites is 1. The van der Waals surface area contributed by atoms with Crippen molar-refractivity contribution in [2.45, 2.75) is 19.0 Å². The number of aromatic nitrogens is 1. The first-order chi connectivity index (χ1) is 7.94. The zero-order valence-electron chi connectivity index (χ0n) is 8.62. The standard InChI is InChI=1S/C11H8F3NOS/c12-11(13,14)6-7(16)5-10-15-8-3-1-2-4-9(8)17-10/h1-4H,5-6H2. The summed E-state index contributed by atoms with van der Waals surface area (Å²) in [6.07, 6.45) is -6.07. The number of benzene rings is 1. The third kappa shape index (κ3) is 3.26. The van der Waals surface area contributed by atoms with E-state index in [1.165, 1.54) is 11.3 Å². The zero-order chi connectivity index (χ0) is 12.5. The molecule has 0 aliphatic rings. The molecule has 0 bridgehead atoms. The smallest absolute Gasteiger partial charge is 0.299 e. The number of Topliss-reactive ketones (excluding diaryl/α,β-unsaturated/α-hetero) is 1. The first-order valence-electron chi connectivity index (χ1n) is 4.87. The van der Waals surface area contributed by atoms with Crippen molar-refractivity contribution < 1.29 is 18.0 Å². The Bertz CT molecular complexity index is 514. The maximum atomic E-state index is 12.0. The Balaban J connectivity index is 2.11. The molecule has 2 aromatic rings. The van der Waals surface area contributed by atoms with Gasteiger partial charge in [0, 0.05) is 0 Å². The van der Waals surface area contributed by atoms with Gasteiger partial charge in [0.05, 0.1) is 16.6 Å². The summed E-state index contributed by atoms with van der Waals surface area (Å²) in [5, 5.41) is 0.431. The molecule has 1 aromatic heterocycles.